The molecule has 4 heteroatoms. The summed E-state index contributed by atoms with van der Waals surface area (Å²) in [6.07, 6.45) is 0. The van der Waals surface area contributed by atoms with E-state index in [4.69, 9.17) is 11.6 Å². The average molecular weight is 227 g/mol. The number of halogens is 1. The SMILES string of the molecule is CNCC(=O)N[C@H](C)c1ccc(Cl)cc1. The van der Waals surface area contributed by atoms with Crippen molar-refractivity contribution in [1.29, 1.82) is 0 Å². The van der Waals surface area contributed by atoms with Gasteiger partial charge < -0.3 is 10.6 Å². The van der Waals surface area contributed by atoms with Gasteiger partial charge in [0.2, 0.25) is 5.91 Å². The Kier molecular flexibility index (Phi) is 4.59. The summed E-state index contributed by atoms with van der Waals surface area (Å²) < 4.78 is 0. The van der Waals surface area contributed by atoms with Gasteiger partial charge in [-0.25, -0.2) is 0 Å². The molecule has 0 fully saturated rings. The quantitative estimate of drug-likeness (QED) is 0.821. The van der Waals surface area contributed by atoms with E-state index in [0.717, 1.165) is 5.56 Å². The van der Waals surface area contributed by atoms with Crippen LogP contribution in [0.4, 0.5) is 0 Å². The van der Waals surface area contributed by atoms with Gasteiger partial charge in [0.05, 0.1) is 12.6 Å². The maximum Gasteiger partial charge on any atom is 0.234 e. The Bertz CT molecular complexity index is 324. The molecule has 0 aromatic heterocycles. The molecule has 0 unspecified atom stereocenters. The molecule has 1 amide bonds. The fourth-order valence-electron chi connectivity index (χ4n) is 1.29. The predicted molar refractivity (Wildman–Crippen MR) is 61.9 cm³/mol. The maximum atomic E-state index is 11.3. The number of benzene rings is 1. The largest absolute Gasteiger partial charge is 0.348 e. The fraction of sp³-hybridized carbons (Fsp3) is 0.364. The number of likely N-dealkylation sites (N-methyl/N-ethyl adjacent to an activating group) is 1. The molecule has 1 atom stereocenters. The van der Waals surface area contributed by atoms with Crippen LogP contribution in [0.25, 0.3) is 0 Å². The van der Waals surface area contributed by atoms with Gasteiger partial charge in [-0.1, -0.05) is 23.7 Å². The van der Waals surface area contributed by atoms with Crippen molar-refractivity contribution in [3.05, 3.63) is 34.9 Å². The third-order valence-corrected chi connectivity index (χ3v) is 2.34. The van der Waals surface area contributed by atoms with Gasteiger partial charge in [0, 0.05) is 5.02 Å². The normalized spacial score (nSPS) is 12.2. The molecular weight excluding hydrogens is 212 g/mol. The minimum Gasteiger partial charge on any atom is -0.348 e. The Morgan fingerprint density at radius 2 is 2.00 bits per heavy atom. The highest BCUT2D eigenvalue weighted by Gasteiger charge is 2.07. The highest BCUT2D eigenvalue weighted by molar-refractivity contribution is 6.30. The zero-order chi connectivity index (χ0) is 11.3. The first-order chi connectivity index (χ1) is 7.13. The molecule has 2 N–H and O–H groups in total. The van der Waals surface area contributed by atoms with Crippen molar-refractivity contribution >= 4 is 17.5 Å². The van der Waals surface area contributed by atoms with Crippen LogP contribution in [0.2, 0.25) is 5.02 Å². The Balaban J connectivity index is 2.57. The summed E-state index contributed by atoms with van der Waals surface area (Å²) in [4.78, 5) is 11.3. The molecule has 1 aromatic rings. The minimum atomic E-state index is -0.0139. The van der Waals surface area contributed by atoms with E-state index in [2.05, 4.69) is 10.6 Å². The topological polar surface area (TPSA) is 41.1 Å². The number of amides is 1. The van der Waals surface area contributed by atoms with Gasteiger partial charge in [0.25, 0.3) is 0 Å². The van der Waals surface area contributed by atoms with Crippen LogP contribution in [0, 0.1) is 0 Å². The number of rotatable bonds is 4. The summed E-state index contributed by atoms with van der Waals surface area (Å²) >= 11 is 5.77. The summed E-state index contributed by atoms with van der Waals surface area (Å²) in [7, 11) is 1.74. The number of carbonyl (C=O) groups is 1. The van der Waals surface area contributed by atoms with Crippen LogP contribution < -0.4 is 10.6 Å². The lowest BCUT2D eigenvalue weighted by Gasteiger charge is -2.14. The summed E-state index contributed by atoms with van der Waals surface area (Å²) in [6, 6.07) is 7.46. The van der Waals surface area contributed by atoms with Gasteiger partial charge in [-0.2, -0.15) is 0 Å². The third kappa shape index (κ3) is 3.90. The molecule has 0 radical (unpaired) electrons. The van der Waals surface area contributed by atoms with Crippen LogP contribution in [0.15, 0.2) is 24.3 Å². The van der Waals surface area contributed by atoms with E-state index in [1.165, 1.54) is 0 Å². The first kappa shape index (κ1) is 12.0. The molecule has 1 rings (SSSR count). The van der Waals surface area contributed by atoms with E-state index in [0.29, 0.717) is 11.6 Å². The van der Waals surface area contributed by atoms with Crippen LogP contribution in [-0.4, -0.2) is 19.5 Å². The second kappa shape index (κ2) is 5.73. The van der Waals surface area contributed by atoms with E-state index in [9.17, 15) is 4.79 Å². The van der Waals surface area contributed by atoms with Crippen LogP contribution in [0.1, 0.15) is 18.5 Å². The molecular formula is C11H15ClN2O. The summed E-state index contributed by atoms with van der Waals surface area (Å²) in [6.45, 7) is 2.27. The molecule has 0 saturated heterocycles. The molecule has 0 heterocycles. The van der Waals surface area contributed by atoms with Crippen molar-refractivity contribution < 1.29 is 4.79 Å². The number of nitrogens with one attached hydrogen (secondary N) is 2. The Labute approximate surface area is 94.8 Å². The molecule has 3 nitrogen and oxygen atoms in total. The van der Waals surface area contributed by atoms with Crippen molar-refractivity contribution in [3.8, 4) is 0 Å². The van der Waals surface area contributed by atoms with Gasteiger partial charge in [-0.05, 0) is 31.7 Å². The third-order valence-electron chi connectivity index (χ3n) is 2.08. The zero-order valence-corrected chi connectivity index (χ0v) is 9.64. The fourth-order valence-corrected chi connectivity index (χ4v) is 1.41. The zero-order valence-electron chi connectivity index (χ0n) is 8.88. The molecule has 82 valence electrons. The van der Waals surface area contributed by atoms with Crippen LogP contribution in [-0.2, 0) is 4.79 Å². The Morgan fingerprint density at radius 3 is 2.53 bits per heavy atom. The lowest BCUT2D eigenvalue weighted by Crippen LogP contribution is -2.33. The number of hydrogen-bond acceptors (Lipinski definition) is 2. The average Bonchev–Trinajstić information content (AvgIpc) is 2.18. The van der Waals surface area contributed by atoms with Gasteiger partial charge in [0.15, 0.2) is 0 Å². The summed E-state index contributed by atoms with van der Waals surface area (Å²) in [5.74, 6) is -0.0139. The highest BCUT2D eigenvalue weighted by Crippen LogP contribution is 2.15. The second-order valence-corrected chi connectivity index (χ2v) is 3.81. The smallest absolute Gasteiger partial charge is 0.234 e. The Hall–Kier alpha value is -1.06. The predicted octanol–water partition coefficient (Wildman–Crippen LogP) is 1.74. The van der Waals surface area contributed by atoms with E-state index >= 15 is 0 Å². The highest BCUT2D eigenvalue weighted by atomic mass is 35.5. The van der Waals surface area contributed by atoms with Crippen LogP contribution in [0.3, 0.4) is 0 Å². The molecule has 0 spiro atoms. The van der Waals surface area contributed by atoms with E-state index in [-0.39, 0.29) is 11.9 Å². The summed E-state index contributed by atoms with van der Waals surface area (Å²) in [5.41, 5.74) is 1.05. The maximum absolute atomic E-state index is 11.3. The molecule has 15 heavy (non-hydrogen) atoms. The van der Waals surface area contributed by atoms with Crippen molar-refractivity contribution in [3.63, 3.8) is 0 Å². The summed E-state index contributed by atoms with van der Waals surface area (Å²) in [5, 5.41) is 6.37. The molecule has 0 aliphatic carbocycles. The molecule has 1 aromatic carbocycles. The van der Waals surface area contributed by atoms with E-state index in [1.54, 1.807) is 7.05 Å². The van der Waals surface area contributed by atoms with Crippen LogP contribution >= 0.6 is 11.6 Å². The molecule has 0 saturated carbocycles. The van der Waals surface area contributed by atoms with Gasteiger partial charge in [0.1, 0.15) is 0 Å². The molecule has 0 aliphatic rings. The second-order valence-electron chi connectivity index (χ2n) is 3.37. The van der Waals surface area contributed by atoms with Crippen molar-refractivity contribution in [2.45, 2.75) is 13.0 Å². The minimum absolute atomic E-state index is 0.00289. The Morgan fingerprint density at radius 1 is 1.40 bits per heavy atom. The van der Waals surface area contributed by atoms with Crippen molar-refractivity contribution in [2.75, 3.05) is 13.6 Å². The molecule has 0 bridgehead atoms. The standard InChI is InChI=1S/C11H15ClN2O/c1-8(14-11(15)7-13-2)9-3-5-10(12)6-4-9/h3-6,8,13H,7H2,1-2H3,(H,14,15)/t8-/m1/s1. The first-order valence-corrected chi connectivity index (χ1v) is 5.20. The van der Waals surface area contributed by atoms with Gasteiger partial charge >= 0.3 is 0 Å². The van der Waals surface area contributed by atoms with Gasteiger partial charge in [-0.3, -0.25) is 4.79 Å². The monoisotopic (exact) mass is 226 g/mol. The lowest BCUT2D eigenvalue weighted by molar-refractivity contribution is -0.120. The van der Waals surface area contributed by atoms with Crippen molar-refractivity contribution in [1.82, 2.24) is 10.6 Å². The number of hydrogen-bond donors (Lipinski definition) is 2. The molecule has 0 aliphatic heterocycles. The van der Waals surface area contributed by atoms with Crippen molar-refractivity contribution in [2.24, 2.45) is 0 Å². The first-order valence-electron chi connectivity index (χ1n) is 4.83. The van der Waals surface area contributed by atoms with Crippen LogP contribution in [0.5, 0.6) is 0 Å². The number of carbonyl (C=O) groups excluding carboxylic acids is 1. The van der Waals surface area contributed by atoms with Gasteiger partial charge in [-0.15, -0.1) is 0 Å². The lowest BCUT2D eigenvalue weighted by atomic mass is 10.1. The van der Waals surface area contributed by atoms with E-state index < -0.39 is 0 Å². The van der Waals surface area contributed by atoms with E-state index in [1.807, 2.05) is 31.2 Å².